The molecular weight excluding hydrogens is 410 g/mol. The first-order valence-electron chi connectivity index (χ1n) is 8.88. The molecule has 1 heterocycles. The van der Waals surface area contributed by atoms with Crippen LogP contribution in [0.5, 0.6) is 0 Å². The van der Waals surface area contributed by atoms with E-state index in [4.69, 9.17) is 11.6 Å². The molecule has 0 atom stereocenters. The Morgan fingerprint density at radius 3 is 2.62 bits per heavy atom. The van der Waals surface area contributed by atoms with Crippen molar-refractivity contribution in [1.82, 2.24) is 9.97 Å². The van der Waals surface area contributed by atoms with Crippen molar-refractivity contribution >= 4 is 40.7 Å². The quantitative estimate of drug-likeness (QED) is 0.338. The van der Waals surface area contributed by atoms with E-state index in [0.717, 1.165) is 11.8 Å². The fourth-order valence-corrected chi connectivity index (χ4v) is 3.48. The van der Waals surface area contributed by atoms with E-state index in [1.807, 2.05) is 13.0 Å². The molecule has 0 radical (unpaired) electrons. The van der Waals surface area contributed by atoms with Gasteiger partial charge in [0.15, 0.2) is 10.9 Å². The summed E-state index contributed by atoms with van der Waals surface area (Å²) in [6, 6.07) is 14.9. The van der Waals surface area contributed by atoms with Gasteiger partial charge in [0.2, 0.25) is 5.91 Å². The molecule has 0 aliphatic rings. The number of rotatable bonds is 7. The molecule has 0 fully saturated rings. The number of nitrogens with zero attached hydrogens (tertiary/aromatic N) is 1. The summed E-state index contributed by atoms with van der Waals surface area (Å²) in [6.45, 7) is 1.90. The minimum atomic E-state index is -0.330. The lowest BCUT2D eigenvalue weighted by Gasteiger charge is -2.11. The van der Waals surface area contributed by atoms with E-state index in [0.29, 0.717) is 39.1 Å². The monoisotopic (exact) mass is 427 g/mol. The van der Waals surface area contributed by atoms with Crippen molar-refractivity contribution in [1.29, 1.82) is 0 Å². The van der Waals surface area contributed by atoms with E-state index in [1.54, 1.807) is 36.4 Å². The summed E-state index contributed by atoms with van der Waals surface area (Å²) in [5.74, 6) is -0.542. The lowest BCUT2D eigenvalue weighted by Crippen LogP contribution is -2.18. The number of aromatic amines is 1. The van der Waals surface area contributed by atoms with Crippen LogP contribution >= 0.6 is 23.4 Å². The zero-order chi connectivity index (χ0) is 20.8. The van der Waals surface area contributed by atoms with Crippen LogP contribution in [0.15, 0.2) is 64.5 Å². The highest BCUT2D eigenvalue weighted by atomic mass is 35.5. The average Bonchev–Trinajstić information content (AvgIpc) is 2.73. The molecule has 6 nitrogen and oxygen atoms in total. The number of ketones is 1. The predicted octanol–water partition coefficient (Wildman–Crippen LogP) is 3.95. The van der Waals surface area contributed by atoms with E-state index in [2.05, 4.69) is 15.3 Å². The van der Waals surface area contributed by atoms with Crippen molar-refractivity contribution in [3.8, 4) is 0 Å². The number of H-pyrrole nitrogens is 1. The molecule has 1 amide bonds. The summed E-state index contributed by atoms with van der Waals surface area (Å²) in [5, 5.41) is 3.52. The molecule has 0 unspecified atom stereocenters. The number of aryl methyl sites for hydroxylation is 1. The Morgan fingerprint density at radius 1 is 1.14 bits per heavy atom. The average molecular weight is 428 g/mol. The fourth-order valence-electron chi connectivity index (χ4n) is 2.61. The highest BCUT2D eigenvalue weighted by Crippen LogP contribution is 2.24. The van der Waals surface area contributed by atoms with E-state index in [9.17, 15) is 14.4 Å². The third-order valence-electron chi connectivity index (χ3n) is 4.01. The molecule has 0 spiro atoms. The van der Waals surface area contributed by atoms with Crippen LogP contribution in [0.4, 0.5) is 5.69 Å². The molecule has 0 saturated carbocycles. The molecule has 0 saturated heterocycles. The molecule has 8 heteroatoms. The summed E-state index contributed by atoms with van der Waals surface area (Å²) in [5.41, 5.74) is 1.58. The Kier molecular flexibility index (Phi) is 6.85. The standard InChI is InChI=1S/C21H18ClN3O3S/c1-2-15-11-18(26)25-21(23-15)29-12-19(27)24-17-9-8-14(22)10-16(17)20(28)13-6-4-3-5-7-13/h3-11H,2,12H2,1H3,(H,24,27)(H,23,25,26). The molecule has 2 aromatic carbocycles. The summed E-state index contributed by atoms with van der Waals surface area (Å²) in [7, 11) is 0. The third-order valence-corrected chi connectivity index (χ3v) is 5.12. The maximum absolute atomic E-state index is 12.8. The molecule has 29 heavy (non-hydrogen) atoms. The lowest BCUT2D eigenvalue weighted by atomic mass is 10.0. The van der Waals surface area contributed by atoms with Gasteiger partial charge in [0, 0.05) is 27.9 Å². The van der Waals surface area contributed by atoms with Crippen LogP contribution in [0.25, 0.3) is 0 Å². The van der Waals surface area contributed by atoms with Gasteiger partial charge in [-0.15, -0.1) is 0 Å². The van der Waals surface area contributed by atoms with Crippen molar-refractivity contribution in [2.45, 2.75) is 18.5 Å². The number of thioether (sulfide) groups is 1. The number of hydrogen-bond acceptors (Lipinski definition) is 5. The summed E-state index contributed by atoms with van der Waals surface area (Å²) in [6.07, 6.45) is 0.624. The molecule has 3 rings (SSSR count). The molecule has 3 aromatic rings. The fraction of sp³-hybridized carbons (Fsp3) is 0.143. The predicted molar refractivity (Wildman–Crippen MR) is 115 cm³/mol. The van der Waals surface area contributed by atoms with Gasteiger partial charge in [0.05, 0.1) is 11.4 Å². The second-order valence-electron chi connectivity index (χ2n) is 6.12. The topological polar surface area (TPSA) is 91.9 Å². The van der Waals surface area contributed by atoms with E-state index in [-0.39, 0.29) is 23.0 Å². The zero-order valence-electron chi connectivity index (χ0n) is 15.6. The number of amides is 1. The van der Waals surface area contributed by atoms with Gasteiger partial charge in [-0.2, -0.15) is 0 Å². The summed E-state index contributed by atoms with van der Waals surface area (Å²) >= 11 is 7.17. The van der Waals surface area contributed by atoms with Crippen molar-refractivity contribution in [3.05, 3.63) is 86.8 Å². The van der Waals surface area contributed by atoms with Crippen LogP contribution < -0.4 is 10.9 Å². The van der Waals surface area contributed by atoms with Gasteiger partial charge in [0.1, 0.15) is 0 Å². The Balaban J connectivity index is 1.75. The van der Waals surface area contributed by atoms with Crippen LogP contribution in [0.3, 0.4) is 0 Å². The normalized spacial score (nSPS) is 10.6. The number of benzene rings is 2. The Morgan fingerprint density at radius 2 is 1.90 bits per heavy atom. The third kappa shape index (κ3) is 5.56. The Bertz CT molecular complexity index is 1100. The van der Waals surface area contributed by atoms with Crippen LogP contribution in [0.1, 0.15) is 28.5 Å². The van der Waals surface area contributed by atoms with Gasteiger partial charge in [0.25, 0.3) is 5.56 Å². The Labute approximate surface area is 176 Å². The summed E-state index contributed by atoms with van der Waals surface area (Å²) < 4.78 is 0. The van der Waals surface area contributed by atoms with Crippen LogP contribution in [0, 0.1) is 0 Å². The maximum Gasteiger partial charge on any atom is 0.251 e. The smallest absolute Gasteiger partial charge is 0.251 e. The van der Waals surface area contributed by atoms with Crippen LogP contribution in [-0.2, 0) is 11.2 Å². The van der Waals surface area contributed by atoms with Gasteiger partial charge in [-0.25, -0.2) is 4.98 Å². The first-order chi connectivity index (χ1) is 14.0. The van der Waals surface area contributed by atoms with Gasteiger partial charge in [-0.05, 0) is 24.6 Å². The molecule has 2 N–H and O–H groups in total. The molecule has 0 aliphatic carbocycles. The number of carbonyl (C=O) groups excluding carboxylic acids is 2. The minimum Gasteiger partial charge on any atom is -0.325 e. The Hall–Kier alpha value is -2.90. The summed E-state index contributed by atoms with van der Waals surface area (Å²) in [4.78, 5) is 43.8. The first kappa shape index (κ1) is 20.8. The highest BCUT2D eigenvalue weighted by molar-refractivity contribution is 7.99. The molecule has 148 valence electrons. The number of hydrogen-bond donors (Lipinski definition) is 2. The minimum absolute atomic E-state index is 0.0255. The molecular formula is C21H18ClN3O3S. The molecule has 0 bridgehead atoms. The van der Waals surface area contributed by atoms with Crippen molar-refractivity contribution in [3.63, 3.8) is 0 Å². The van der Waals surface area contributed by atoms with Gasteiger partial charge >= 0.3 is 0 Å². The van der Waals surface area contributed by atoms with Gasteiger partial charge < -0.3 is 10.3 Å². The maximum atomic E-state index is 12.8. The lowest BCUT2D eigenvalue weighted by molar-refractivity contribution is -0.113. The van der Waals surface area contributed by atoms with Gasteiger partial charge in [-0.1, -0.05) is 60.6 Å². The molecule has 1 aromatic heterocycles. The number of aromatic nitrogens is 2. The van der Waals surface area contributed by atoms with Crippen molar-refractivity contribution < 1.29 is 9.59 Å². The second-order valence-corrected chi connectivity index (χ2v) is 7.52. The number of nitrogens with one attached hydrogen (secondary N) is 2. The number of halogens is 1. The van der Waals surface area contributed by atoms with Crippen molar-refractivity contribution in [2.75, 3.05) is 11.1 Å². The van der Waals surface area contributed by atoms with E-state index < -0.39 is 0 Å². The van der Waals surface area contributed by atoms with E-state index >= 15 is 0 Å². The van der Waals surface area contributed by atoms with E-state index in [1.165, 1.54) is 12.1 Å². The second kappa shape index (κ2) is 9.54. The number of carbonyl (C=O) groups is 2. The van der Waals surface area contributed by atoms with Crippen molar-refractivity contribution in [2.24, 2.45) is 0 Å². The largest absolute Gasteiger partial charge is 0.325 e. The first-order valence-corrected chi connectivity index (χ1v) is 10.2. The van der Waals surface area contributed by atoms with Crippen LogP contribution in [-0.4, -0.2) is 27.4 Å². The SMILES string of the molecule is CCc1cc(=O)[nH]c(SCC(=O)Nc2ccc(Cl)cc2C(=O)c2ccccc2)n1. The number of anilines is 1. The molecule has 0 aliphatic heterocycles. The zero-order valence-corrected chi connectivity index (χ0v) is 17.1. The van der Waals surface area contributed by atoms with Gasteiger partial charge in [-0.3, -0.25) is 14.4 Å². The highest BCUT2D eigenvalue weighted by Gasteiger charge is 2.16. The van der Waals surface area contributed by atoms with Crippen LogP contribution in [0.2, 0.25) is 5.02 Å².